The number of nitrogens with one attached hydrogen (secondary N) is 1. The summed E-state index contributed by atoms with van der Waals surface area (Å²) in [5, 5.41) is 12.2. The van der Waals surface area contributed by atoms with E-state index in [2.05, 4.69) is 16.3 Å². The third-order valence-corrected chi connectivity index (χ3v) is 4.44. The zero-order chi connectivity index (χ0) is 13.6. The van der Waals surface area contributed by atoms with E-state index in [1.165, 1.54) is 0 Å². The lowest BCUT2D eigenvalue weighted by molar-refractivity contribution is -0.122. The van der Waals surface area contributed by atoms with Gasteiger partial charge < -0.3 is 9.88 Å². The first-order valence-corrected chi connectivity index (χ1v) is 6.76. The molecule has 1 aromatic heterocycles. The molecule has 1 aromatic rings. The van der Waals surface area contributed by atoms with Crippen LogP contribution in [-0.2, 0) is 11.8 Å². The van der Waals surface area contributed by atoms with Gasteiger partial charge in [0.1, 0.15) is 17.9 Å². The average molecular weight is 258 g/mol. The summed E-state index contributed by atoms with van der Waals surface area (Å²) in [6.07, 6.45) is 3.14. The molecule has 0 aromatic carbocycles. The molecule has 2 saturated heterocycles. The largest absolute Gasteiger partial charge is 0.340 e. The summed E-state index contributed by atoms with van der Waals surface area (Å²) in [4.78, 5) is 14.3. The number of nitriles is 1. The summed E-state index contributed by atoms with van der Waals surface area (Å²) >= 11 is 0. The van der Waals surface area contributed by atoms with E-state index in [1.54, 1.807) is 0 Å². The number of aromatic nitrogens is 1. The van der Waals surface area contributed by atoms with E-state index in [4.69, 9.17) is 5.26 Å². The second-order valence-electron chi connectivity index (χ2n) is 5.40. The fourth-order valence-corrected chi connectivity index (χ4v) is 3.22. The van der Waals surface area contributed by atoms with Crippen LogP contribution < -0.4 is 5.32 Å². The van der Waals surface area contributed by atoms with Crippen LogP contribution >= 0.6 is 0 Å². The molecule has 5 nitrogen and oxygen atoms in total. The van der Waals surface area contributed by atoms with Crippen LogP contribution in [0.1, 0.15) is 42.4 Å². The molecule has 0 aliphatic carbocycles. The molecule has 0 unspecified atom stereocenters. The Morgan fingerprint density at radius 3 is 2.95 bits per heavy atom. The summed E-state index contributed by atoms with van der Waals surface area (Å²) in [6.45, 7) is 2.95. The first kappa shape index (κ1) is 12.2. The standard InChI is InChI=1S/C14H18N4O/c1-9-11(7-10(8-15)17(9)2)13-16-14(19)12-5-3-4-6-18(12)13/h7,12-13H,3-6H2,1-2H3,(H,16,19)/t12-,13+/m1/s1. The maximum atomic E-state index is 12.0. The molecular formula is C14H18N4O. The first-order chi connectivity index (χ1) is 9.13. The number of piperidine rings is 1. The predicted molar refractivity (Wildman–Crippen MR) is 70.1 cm³/mol. The maximum absolute atomic E-state index is 12.0. The Bertz CT molecular complexity index is 569. The lowest BCUT2D eigenvalue weighted by atomic mass is 10.0. The van der Waals surface area contributed by atoms with Gasteiger partial charge in [0.05, 0.1) is 6.04 Å². The fraction of sp³-hybridized carbons (Fsp3) is 0.571. The number of hydrogen-bond acceptors (Lipinski definition) is 3. The van der Waals surface area contributed by atoms with Gasteiger partial charge in [0.15, 0.2) is 0 Å². The second-order valence-corrected chi connectivity index (χ2v) is 5.40. The van der Waals surface area contributed by atoms with Gasteiger partial charge in [0, 0.05) is 24.8 Å². The molecule has 1 N–H and O–H groups in total. The van der Waals surface area contributed by atoms with Gasteiger partial charge in [0.25, 0.3) is 0 Å². The van der Waals surface area contributed by atoms with Crippen molar-refractivity contribution in [2.45, 2.75) is 38.4 Å². The minimum absolute atomic E-state index is 0.0175. The lowest BCUT2D eigenvalue weighted by Crippen LogP contribution is -2.38. The van der Waals surface area contributed by atoms with Crippen LogP contribution in [0.3, 0.4) is 0 Å². The molecule has 100 valence electrons. The van der Waals surface area contributed by atoms with Crippen molar-refractivity contribution in [3.05, 3.63) is 23.0 Å². The van der Waals surface area contributed by atoms with Crippen LogP contribution in [0, 0.1) is 18.3 Å². The van der Waals surface area contributed by atoms with Crippen molar-refractivity contribution in [1.82, 2.24) is 14.8 Å². The molecule has 0 saturated carbocycles. The molecule has 0 bridgehead atoms. The monoisotopic (exact) mass is 258 g/mol. The van der Waals surface area contributed by atoms with Crippen molar-refractivity contribution in [3.63, 3.8) is 0 Å². The SMILES string of the molecule is Cc1c([C@H]2NC(=O)[C@H]3CCCCN32)cc(C#N)n1C. The Hall–Kier alpha value is -1.80. The maximum Gasteiger partial charge on any atom is 0.238 e. The second kappa shape index (κ2) is 4.39. The molecule has 3 rings (SSSR count). The average Bonchev–Trinajstić information content (AvgIpc) is 2.90. The Balaban J connectivity index is 1.99. The number of carbonyl (C=O) groups is 1. The smallest absolute Gasteiger partial charge is 0.238 e. The summed E-state index contributed by atoms with van der Waals surface area (Å²) in [7, 11) is 1.89. The van der Waals surface area contributed by atoms with Gasteiger partial charge in [-0.15, -0.1) is 0 Å². The van der Waals surface area contributed by atoms with Crippen LogP contribution in [0.5, 0.6) is 0 Å². The molecular weight excluding hydrogens is 240 g/mol. The molecule has 5 heteroatoms. The molecule has 2 aliphatic heterocycles. The van der Waals surface area contributed by atoms with Gasteiger partial charge in [-0.3, -0.25) is 9.69 Å². The third kappa shape index (κ3) is 1.75. The predicted octanol–water partition coefficient (Wildman–Crippen LogP) is 1.19. The lowest BCUT2D eigenvalue weighted by Gasteiger charge is -2.31. The van der Waals surface area contributed by atoms with Crippen LogP contribution in [0.4, 0.5) is 0 Å². The van der Waals surface area contributed by atoms with E-state index >= 15 is 0 Å². The minimum atomic E-state index is -0.0638. The van der Waals surface area contributed by atoms with Gasteiger partial charge in [-0.25, -0.2) is 0 Å². The topological polar surface area (TPSA) is 61.1 Å². The molecule has 0 radical (unpaired) electrons. The molecule has 2 aliphatic rings. The Morgan fingerprint density at radius 2 is 2.26 bits per heavy atom. The van der Waals surface area contributed by atoms with E-state index in [1.807, 2.05) is 24.6 Å². The van der Waals surface area contributed by atoms with E-state index < -0.39 is 0 Å². The first-order valence-electron chi connectivity index (χ1n) is 6.76. The summed E-state index contributed by atoms with van der Waals surface area (Å²) in [6, 6.07) is 4.11. The number of hydrogen-bond donors (Lipinski definition) is 1. The highest BCUT2D eigenvalue weighted by Crippen LogP contribution is 2.34. The van der Waals surface area contributed by atoms with E-state index in [0.717, 1.165) is 37.1 Å². The van der Waals surface area contributed by atoms with Crippen LogP contribution in [0.2, 0.25) is 0 Å². The van der Waals surface area contributed by atoms with Crippen molar-refractivity contribution in [3.8, 4) is 6.07 Å². The van der Waals surface area contributed by atoms with Crippen molar-refractivity contribution in [2.24, 2.45) is 7.05 Å². The van der Waals surface area contributed by atoms with Gasteiger partial charge in [-0.1, -0.05) is 6.42 Å². The van der Waals surface area contributed by atoms with Crippen LogP contribution in [-0.4, -0.2) is 28.0 Å². The highest BCUT2D eigenvalue weighted by molar-refractivity contribution is 5.84. The van der Waals surface area contributed by atoms with Gasteiger partial charge in [0.2, 0.25) is 5.91 Å². The number of carbonyl (C=O) groups excluding carboxylic acids is 1. The van der Waals surface area contributed by atoms with E-state index in [9.17, 15) is 4.79 Å². The number of fused-ring (bicyclic) bond motifs is 1. The molecule has 2 atom stereocenters. The van der Waals surface area contributed by atoms with E-state index in [-0.39, 0.29) is 18.1 Å². The number of rotatable bonds is 1. The zero-order valence-corrected chi connectivity index (χ0v) is 11.3. The molecule has 1 amide bonds. The zero-order valence-electron chi connectivity index (χ0n) is 11.3. The quantitative estimate of drug-likeness (QED) is 0.823. The highest BCUT2D eigenvalue weighted by atomic mass is 16.2. The van der Waals surface area contributed by atoms with Gasteiger partial charge >= 0.3 is 0 Å². The summed E-state index contributed by atoms with van der Waals surface area (Å²) in [5.74, 6) is 0.131. The van der Waals surface area contributed by atoms with Crippen LogP contribution in [0.15, 0.2) is 6.07 Å². The van der Waals surface area contributed by atoms with Crippen molar-refractivity contribution in [2.75, 3.05) is 6.54 Å². The van der Waals surface area contributed by atoms with Gasteiger partial charge in [-0.05, 0) is 25.8 Å². The molecule has 3 heterocycles. The summed E-state index contributed by atoms with van der Waals surface area (Å²) in [5.41, 5.74) is 2.74. The fourth-order valence-electron chi connectivity index (χ4n) is 3.22. The normalized spacial score (nSPS) is 26.9. The Morgan fingerprint density at radius 1 is 1.47 bits per heavy atom. The summed E-state index contributed by atoms with van der Waals surface area (Å²) < 4.78 is 1.89. The Labute approximate surface area is 112 Å². The van der Waals surface area contributed by atoms with E-state index in [0.29, 0.717) is 5.69 Å². The molecule has 0 spiro atoms. The number of amides is 1. The van der Waals surface area contributed by atoms with Gasteiger partial charge in [-0.2, -0.15) is 5.26 Å². The third-order valence-electron chi connectivity index (χ3n) is 4.44. The van der Waals surface area contributed by atoms with Crippen molar-refractivity contribution in [1.29, 1.82) is 5.26 Å². The highest BCUT2D eigenvalue weighted by Gasteiger charge is 2.42. The molecule has 2 fully saturated rings. The van der Waals surface area contributed by atoms with Crippen molar-refractivity contribution >= 4 is 5.91 Å². The molecule has 19 heavy (non-hydrogen) atoms. The van der Waals surface area contributed by atoms with Crippen molar-refractivity contribution < 1.29 is 4.79 Å². The number of nitrogens with zero attached hydrogens (tertiary/aromatic N) is 3. The van der Waals surface area contributed by atoms with Crippen LogP contribution in [0.25, 0.3) is 0 Å². The Kier molecular flexibility index (Phi) is 2.83. The minimum Gasteiger partial charge on any atom is -0.340 e.